The topological polar surface area (TPSA) is 84.5 Å². The lowest BCUT2D eigenvalue weighted by Gasteiger charge is -2.17. The van der Waals surface area contributed by atoms with Gasteiger partial charge in [0, 0.05) is 19.0 Å². The molecule has 2 aromatic carbocycles. The summed E-state index contributed by atoms with van der Waals surface area (Å²) in [4.78, 5) is 35.2. The van der Waals surface area contributed by atoms with Gasteiger partial charge in [0.15, 0.2) is 6.61 Å². The Hall–Kier alpha value is -3.22. The predicted octanol–water partition coefficient (Wildman–Crippen LogP) is 2.25. The summed E-state index contributed by atoms with van der Waals surface area (Å²) in [5, 5.41) is 5.17. The third kappa shape index (κ3) is 6.89. The van der Waals surface area contributed by atoms with Crippen LogP contribution in [-0.4, -0.2) is 24.4 Å². The number of nitrogens with one attached hydrogen (secondary N) is 2. The van der Waals surface area contributed by atoms with Crippen LogP contribution in [0.15, 0.2) is 54.6 Å². The number of rotatable bonds is 8. The smallest absolute Gasteiger partial charge is 0.308 e. The number of carbonyl (C=O) groups excluding carboxylic acids is 3. The molecule has 0 spiro atoms. The molecule has 27 heavy (non-hydrogen) atoms. The molecular weight excluding hydrogens is 351 g/mol. The zero-order valence-corrected chi connectivity index (χ0v) is 14.9. The monoisotopic (exact) mass is 372 g/mol. The van der Waals surface area contributed by atoms with Crippen LogP contribution in [0.2, 0.25) is 0 Å². The lowest BCUT2D eigenvalue weighted by Crippen LogP contribution is -2.31. The normalized spacial score (nSPS) is 11.3. The Kier molecular flexibility index (Phi) is 7.49. The first-order valence-electron chi connectivity index (χ1n) is 8.43. The molecule has 0 unspecified atom stereocenters. The lowest BCUT2D eigenvalue weighted by molar-refractivity contribution is -0.149. The SMILES string of the molecule is CC(=O)N[C@@H](CC(=O)OCC(=O)NCc1ccccc1F)c1ccccc1. The first kappa shape index (κ1) is 20.1. The van der Waals surface area contributed by atoms with E-state index in [1.807, 2.05) is 6.07 Å². The Balaban J connectivity index is 1.82. The first-order chi connectivity index (χ1) is 13.0. The van der Waals surface area contributed by atoms with Crippen molar-refractivity contribution >= 4 is 17.8 Å². The molecule has 0 aromatic heterocycles. The zero-order valence-electron chi connectivity index (χ0n) is 14.9. The fourth-order valence-corrected chi connectivity index (χ4v) is 2.44. The molecule has 0 heterocycles. The highest BCUT2D eigenvalue weighted by Crippen LogP contribution is 2.17. The van der Waals surface area contributed by atoms with Crippen molar-refractivity contribution in [1.82, 2.24) is 10.6 Å². The highest BCUT2D eigenvalue weighted by atomic mass is 19.1. The van der Waals surface area contributed by atoms with Gasteiger partial charge in [-0.2, -0.15) is 0 Å². The Labute approximate surface area is 156 Å². The van der Waals surface area contributed by atoms with Crippen LogP contribution < -0.4 is 10.6 Å². The van der Waals surface area contributed by atoms with Crippen LogP contribution in [0.25, 0.3) is 0 Å². The Bertz CT molecular complexity index is 796. The summed E-state index contributed by atoms with van der Waals surface area (Å²) < 4.78 is 18.5. The van der Waals surface area contributed by atoms with E-state index in [0.717, 1.165) is 5.56 Å². The van der Waals surface area contributed by atoms with Gasteiger partial charge in [0.2, 0.25) is 5.91 Å². The second kappa shape index (κ2) is 10.1. The fourth-order valence-electron chi connectivity index (χ4n) is 2.44. The van der Waals surface area contributed by atoms with E-state index in [2.05, 4.69) is 10.6 Å². The number of halogens is 1. The number of hydrogen-bond acceptors (Lipinski definition) is 4. The van der Waals surface area contributed by atoms with Crippen molar-refractivity contribution in [3.05, 3.63) is 71.5 Å². The lowest BCUT2D eigenvalue weighted by atomic mass is 10.0. The second-order valence-electron chi connectivity index (χ2n) is 5.90. The van der Waals surface area contributed by atoms with Gasteiger partial charge in [0.05, 0.1) is 12.5 Å². The maximum absolute atomic E-state index is 13.5. The fraction of sp³-hybridized carbons (Fsp3) is 0.250. The van der Waals surface area contributed by atoms with Crippen LogP contribution in [-0.2, 0) is 25.7 Å². The van der Waals surface area contributed by atoms with Gasteiger partial charge in [-0.3, -0.25) is 14.4 Å². The largest absolute Gasteiger partial charge is 0.456 e. The van der Waals surface area contributed by atoms with Crippen molar-refractivity contribution in [2.75, 3.05) is 6.61 Å². The van der Waals surface area contributed by atoms with E-state index in [-0.39, 0.29) is 18.9 Å². The summed E-state index contributed by atoms with van der Waals surface area (Å²) >= 11 is 0. The van der Waals surface area contributed by atoms with Gasteiger partial charge in [-0.1, -0.05) is 48.5 Å². The van der Waals surface area contributed by atoms with E-state index in [1.54, 1.807) is 42.5 Å². The zero-order chi connectivity index (χ0) is 19.6. The standard InChI is InChI=1S/C20H21FN2O4/c1-14(24)23-18(15-7-3-2-4-8-15)11-20(26)27-13-19(25)22-12-16-9-5-6-10-17(16)21/h2-10,18H,11-13H2,1H3,(H,22,25)(H,23,24)/t18-/m0/s1. The Morgan fingerprint density at radius 1 is 1.04 bits per heavy atom. The maximum Gasteiger partial charge on any atom is 0.308 e. The summed E-state index contributed by atoms with van der Waals surface area (Å²) in [6.45, 7) is 0.883. The third-order valence-electron chi connectivity index (χ3n) is 3.75. The van der Waals surface area contributed by atoms with Crippen molar-refractivity contribution in [2.24, 2.45) is 0 Å². The van der Waals surface area contributed by atoms with Crippen molar-refractivity contribution < 1.29 is 23.5 Å². The van der Waals surface area contributed by atoms with Crippen LogP contribution >= 0.6 is 0 Å². The van der Waals surface area contributed by atoms with Crippen molar-refractivity contribution in [1.29, 1.82) is 0 Å². The average Bonchev–Trinajstić information content (AvgIpc) is 2.65. The molecule has 0 aliphatic heterocycles. The Morgan fingerprint density at radius 3 is 2.37 bits per heavy atom. The van der Waals surface area contributed by atoms with Crippen LogP contribution in [0, 0.1) is 5.82 Å². The molecule has 2 rings (SSSR count). The summed E-state index contributed by atoms with van der Waals surface area (Å²) in [6, 6.07) is 14.5. The van der Waals surface area contributed by atoms with E-state index in [1.165, 1.54) is 13.0 Å². The molecule has 6 nitrogen and oxygen atoms in total. The number of carbonyl (C=O) groups is 3. The molecule has 142 valence electrons. The molecule has 2 aromatic rings. The number of esters is 1. The van der Waals surface area contributed by atoms with E-state index in [9.17, 15) is 18.8 Å². The predicted molar refractivity (Wildman–Crippen MR) is 96.8 cm³/mol. The third-order valence-corrected chi connectivity index (χ3v) is 3.75. The van der Waals surface area contributed by atoms with Gasteiger partial charge in [-0.25, -0.2) is 4.39 Å². The minimum absolute atomic E-state index is 0.00158. The molecule has 0 aliphatic rings. The molecule has 0 saturated carbocycles. The molecule has 2 N–H and O–H groups in total. The summed E-state index contributed by atoms with van der Waals surface area (Å²) in [5.41, 5.74) is 1.10. The van der Waals surface area contributed by atoms with Gasteiger partial charge in [-0.15, -0.1) is 0 Å². The van der Waals surface area contributed by atoms with Gasteiger partial charge >= 0.3 is 5.97 Å². The highest BCUT2D eigenvalue weighted by molar-refractivity contribution is 5.81. The molecule has 0 saturated heterocycles. The van der Waals surface area contributed by atoms with Crippen molar-refractivity contribution in [3.8, 4) is 0 Å². The number of amides is 2. The van der Waals surface area contributed by atoms with Crippen LogP contribution in [0.1, 0.15) is 30.5 Å². The number of ether oxygens (including phenoxy) is 1. The van der Waals surface area contributed by atoms with Gasteiger partial charge in [-0.05, 0) is 11.6 Å². The van der Waals surface area contributed by atoms with Crippen molar-refractivity contribution in [2.45, 2.75) is 25.9 Å². The summed E-state index contributed by atoms with van der Waals surface area (Å²) in [7, 11) is 0. The van der Waals surface area contributed by atoms with Crippen LogP contribution in [0.5, 0.6) is 0 Å². The quantitative estimate of drug-likeness (QED) is 0.696. The van der Waals surface area contributed by atoms with E-state index >= 15 is 0 Å². The van der Waals surface area contributed by atoms with Crippen LogP contribution in [0.4, 0.5) is 4.39 Å². The maximum atomic E-state index is 13.5. The van der Waals surface area contributed by atoms with Gasteiger partial charge < -0.3 is 15.4 Å². The minimum atomic E-state index is -0.626. The molecule has 0 radical (unpaired) electrons. The molecule has 0 aliphatic carbocycles. The van der Waals surface area contributed by atoms with Gasteiger partial charge in [0.25, 0.3) is 5.91 Å². The number of benzene rings is 2. The van der Waals surface area contributed by atoms with E-state index < -0.39 is 30.3 Å². The molecule has 2 amide bonds. The minimum Gasteiger partial charge on any atom is -0.456 e. The molecule has 7 heteroatoms. The van der Waals surface area contributed by atoms with E-state index in [0.29, 0.717) is 5.56 Å². The van der Waals surface area contributed by atoms with Crippen molar-refractivity contribution in [3.63, 3.8) is 0 Å². The molecule has 0 fully saturated rings. The average molecular weight is 372 g/mol. The Morgan fingerprint density at radius 2 is 1.70 bits per heavy atom. The van der Waals surface area contributed by atoms with E-state index in [4.69, 9.17) is 4.74 Å². The molecular formula is C20H21FN2O4. The molecule has 0 bridgehead atoms. The summed E-state index contributed by atoms with van der Waals surface area (Å²) in [6.07, 6.45) is -0.107. The molecule has 1 atom stereocenters. The highest BCUT2D eigenvalue weighted by Gasteiger charge is 2.18. The first-order valence-corrected chi connectivity index (χ1v) is 8.43. The van der Waals surface area contributed by atoms with Gasteiger partial charge in [0.1, 0.15) is 5.82 Å². The van der Waals surface area contributed by atoms with Crippen LogP contribution in [0.3, 0.4) is 0 Å². The summed E-state index contributed by atoms with van der Waals surface area (Å²) in [5.74, 6) is -1.86. The number of hydrogen-bond donors (Lipinski definition) is 2. The second-order valence-corrected chi connectivity index (χ2v) is 5.90.